The maximum atomic E-state index is 12.1. The number of sulfonamides is 1. The number of rotatable bonds is 5. The zero-order valence-corrected chi connectivity index (χ0v) is 14.9. The second-order valence-corrected chi connectivity index (χ2v) is 7.92. The minimum atomic E-state index is -3.83. The Balaban J connectivity index is 1.66. The molecule has 1 aromatic heterocycles. The van der Waals surface area contributed by atoms with Crippen molar-refractivity contribution >= 4 is 44.4 Å². The molecule has 0 aliphatic heterocycles. The van der Waals surface area contributed by atoms with Gasteiger partial charge in [-0.1, -0.05) is 30.0 Å². The molecule has 0 bridgehead atoms. The van der Waals surface area contributed by atoms with E-state index in [1.165, 1.54) is 17.8 Å². The number of anilines is 1. The number of benzene rings is 2. The van der Waals surface area contributed by atoms with E-state index < -0.39 is 10.0 Å². The van der Waals surface area contributed by atoms with Gasteiger partial charge < -0.3 is 10.3 Å². The summed E-state index contributed by atoms with van der Waals surface area (Å²) in [5.41, 5.74) is 2.64. The molecule has 130 valence electrons. The van der Waals surface area contributed by atoms with Crippen LogP contribution in [0.25, 0.3) is 11.0 Å². The van der Waals surface area contributed by atoms with Gasteiger partial charge >= 0.3 is 0 Å². The van der Waals surface area contributed by atoms with E-state index >= 15 is 0 Å². The van der Waals surface area contributed by atoms with Crippen LogP contribution < -0.4 is 10.5 Å². The second kappa shape index (κ2) is 6.87. The van der Waals surface area contributed by atoms with Gasteiger partial charge in [0.25, 0.3) is 0 Å². The Labute approximate surface area is 149 Å². The van der Waals surface area contributed by atoms with Gasteiger partial charge in [0.15, 0.2) is 5.16 Å². The molecule has 0 aliphatic carbocycles. The highest BCUT2D eigenvalue weighted by atomic mass is 32.2. The van der Waals surface area contributed by atoms with Crippen molar-refractivity contribution in [2.75, 3.05) is 11.1 Å². The lowest BCUT2D eigenvalue weighted by Crippen LogP contribution is -2.17. The number of aromatic nitrogens is 2. The average Bonchev–Trinajstić information content (AvgIpc) is 2.96. The van der Waals surface area contributed by atoms with Crippen LogP contribution in [0.4, 0.5) is 5.69 Å². The summed E-state index contributed by atoms with van der Waals surface area (Å²) in [7, 11) is -3.83. The molecule has 0 atom stereocenters. The van der Waals surface area contributed by atoms with Crippen LogP contribution >= 0.6 is 11.8 Å². The van der Waals surface area contributed by atoms with Crippen molar-refractivity contribution in [2.24, 2.45) is 5.14 Å². The van der Waals surface area contributed by atoms with Crippen molar-refractivity contribution in [3.8, 4) is 0 Å². The number of nitrogens with zero attached hydrogens (tertiary/aromatic N) is 1. The minimum Gasteiger partial charge on any atom is -0.333 e. The molecule has 1 heterocycles. The third-order valence-electron chi connectivity index (χ3n) is 3.49. The van der Waals surface area contributed by atoms with Gasteiger partial charge in [-0.3, -0.25) is 4.79 Å². The number of carbonyl (C=O) groups excluding carboxylic acids is 1. The van der Waals surface area contributed by atoms with Crippen molar-refractivity contribution < 1.29 is 13.2 Å². The maximum Gasteiger partial charge on any atom is 0.238 e. The number of aryl methyl sites for hydroxylation is 1. The predicted molar refractivity (Wildman–Crippen MR) is 98.0 cm³/mol. The highest BCUT2D eigenvalue weighted by Crippen LogP contribution is 2.21. The van der Waals surface area contributed by atoms with Crippen LogP contribution in [-0.4, -0.2) is 30.0 Å². The summed E-state index contributed by atoms with van der Waals surface area (Å²) < 4.78 is 23.1. The van der Waals surface area contributed by atoms with Crippen LogP contribution in [0.3, 0.4) is 0 Å². The van der Waals surface area contributed by atoms with E-state index in [9.17, 15) is 13.2 Å². The SMILES string of the molecule is Cc1ccc(NC(=O)CSc2nc3ccccc3[nH]2)cc1S(N)(=O)=O. The van der Waals surface area contributed by atoms with Gasteiger partial charge in [-0.05, 0) is 36.8 Å². The summed E-state index contributed by atoms with van der Waals surface area (Å²) in [6.45, 7) is 1.64. The smallest absolute Gasteiger partial charge is 0.238 e. The molecule has 0 radical (unpaired) electrons. The molecule has 3 rings (SSSR count). The number of amides is 1. The van der Waals surface area contributed by atoms with Gasteiger partial charge in [0.2, 0.25) is 15.9 Å². The average molecular weight is 376 g/mol. The molecule has 9 heteroatoms. The Kier molecular flexibility index (Phi) is 4.80. The third-order valence-corrected chi connectivity index (χ3v) is 5.41. The van der Waals surface area contributed by atoms with Gasteiger partial charge in [-0.15, -0.1) is 0 Å². The van der Waals surface area contributed by atoms with Crippen molar-refractivity contribution in [3.05, 3.63) is 48.0 Å². The molecule has 0 unspecified atom stereocenters. The number of nitrogens with one attached hydrogen (secondary N) is 2. The Hall–Kier alpha value is -2.36. The van der Waals surface area contributed by atoms with Gasteiger partial charge in [0, 0.05) is 5.69 Å². The molecular weight excluding hydrogens is 360 g/mol. The number of hydrogen-bond acceptors (Lipinski definition) is 5. The molecule has 25 heavy (non-hydrogen) atoms. The molecule has 0 spiro atoms. The number of carbonyl (C=O) groups is 1. The summed E-state index contributed by atoms with van der Waals surface area (Å²) >= 11 is 1.26. The number of hydrogen-bond donors (Lipinski definition) is 3. The topological polar surface area (TPSA) is 118 Å². The predicted octanol–water partition coefficient (Wildman–Crippen LogP) is 2.25. The maximum absolute atomic E-state index is 12.1. The van der Waals surface area contributed by atoms with E-state index in [0.29, 0.717) is 16.4 Å². The lowest BCUT2D eigenvalue weighted by atomic mass is 10.2. The summed E-state index contributed by atoms with van der Waals surface area (Å²) in [5.74, 6) is -0.132. The summed E-state index contributed by atoms with van der Waals surface area (Å²) in [5, 5.41) is 8.48. The lowest BCUT2D eigenvalue weighted by molar-refractivity contribution is -0.113. The van der Waals surface area contributed by atoms with Crippen LogP contribution in [0.2, 0.25) is 0 Å². The summed E-state index contributed by atoms with van der Waals surface area (Å²) in [4.78, 5) is 19.6. The molecule has 7 nitrogen and oxygen atoms in total. The fourth-order valence-corrected chi connectivity index (χ4v) is 3.81. The number of para-hydroxylation sites is 2. The zero-order valence-electron chi connectivity index (χ0n) is 13.3. The van der Waals surface area contributed by atoms with Crippen LogP contribution in [-0.2, 0) is 14.8 Å². The number of thioether (sulfide) groups is 1. The fraction of sp³-hybridized carbons (Fsp3) is 0.125. The number of aromatic amines is 1. The standard InChI is InChI=1S/C16H16N4O3S2/c1-10-6-7-11(8-14(10)25(17,22)23)18-15(21)9-24-16-19-12-4-2-3-5-13(12)20-16/h2-8H,9H2,1H3,(H,18,21)(H,19,20)(H2,17,22,23). The Morgan fingerprint density at radius 3 is 2.76 bits per heavy atom. The molecule has 3 aromatic rings. The molecule has 0 aliphatic rings. The third kappa shape index (κ3) is 4.19. The molecule has 1 amide bonds. The number of imidazole rings is 1. The van der Waals surface area contributed by atoms with E-state index in [2.05, 4.69) is 15.3 Å². The highest BCUT2D eigenvalue weighted by molar-refractivity contribution is 7.99. The highest BCUT2D eigenvalue weighted by Gasteiger charge is 2.13. The molecule has 2 aromatic carbocycles. The minimum absolute atomic E-state index is 0.00441. The van der Waals surface area contributed by atoms with Crippen molar-refractivity contribution in [3.63, 3.8) is 0 Å². The van der Waals surface area contributed by atoms with Crippen LogP contribution in [0.15, 0.2) is 52.5 Å². The number of nitrogens with two attached hydrogens (primary N) is 1. The molecule has 0 saturated heterocycles. The van der Waals surface area contributed by atoms with E-state index in [0.717, 1.165) is 11.0 Å². The van der Waals surface area contributed by atoms with Gasteiger partial charge in [-0.25, -0.2) is 18.5 Å². The number of fused-ring (bicyclic) bond motifs is 1. The number of H-pyrrole nitrogens is 1. The summed E-state index contributed by atoms with van der Waals surface area (Å²) in [6.07, 6.45) is 0. The first-order chi connectivity index (χ1) is 11.8. The molecule has 0 fully saturated rings. The van der Waals surface area contributed by atoms with Gasteiger partial charge in [-0.2, -0.15) is 0 Å². The Morgan fingerprint density at radius 1 is 1.28 bits per heavy atom. The first-order valence-corrected chi connectivity index (χ1v) is 9.87. The monoisotopic (exact) mass is 376 g/mol. The Bertz CT molecular complexity index is 1010. The van der Waals surface area contributed by atoms with Gasteiger partial charge in [0.1, 0.15) is 0 Å². The van der Waals surface area contributed by atoms with E-state index in [4.69, 9.17) is 5.14 Å². The molecule has 4 N–H and O–H groups in total. The van der Waals surface area contributed by atoms with E-state index in [1.807, 2.05) is 24.3 Å². The summed E-state index contributed by atoms with van der Waals surface area (Å²) in [6, 6.07) is 12.2. The first kappa shape index (κ1) is 17.5. The molecule has 0 saturated carbocycles. The number of primary sulfonamides is 1. The van der Waals surface area contributed by atoms with Gasteiger partial charge in [0.05, 0.1) is 21.7 Å². The van der Waals surface area contributed by atoms with Crippen molar-refractivity contribution in [1.82, 2.24) is 9.97 Å². The van der Waals surface area contributed by atoms with Crippen molar-refractivity contribution in [2.45, 2.75) is 17.0 Å². The normalized spacial score (nSPS) is 11.6. The van der Waals surface area contributed by atoms with Crippen LogP contribution in [0.1, 0.15) is 5.56 Å². The van der Waals surface area contributed by atoms with E-state index in [-0.39, 0.29) is 16.6 Å². The Morgan fingerprint density at radius 2 is 2.04 bits per heavy atom. The van der Waals surface area contributed by atoms with Crippen molar-refractivity contribution in [1.29, 1.82) is 0 Å². The second-order valence-electron chi connectivity index (χ2n) is 5.42. The quantitative estimate of drug-likeness (QED) is 0.590. The largest absolute Gasteiger partial charge is 0.333 e. The van der Waals surface area contributed by atoms with E-state index in [1.54, 1.807) is 19.1 Å². The van der Waals surface area contributed by atoms with Crippen LogP contribution in [0.5, 0.6) is 0 Å². The zero-order chi connectivity index (χ0) is 18.0. The van der Waals surface area contributed by atoms with Crippen LogP contribution in [0, 0.1) is 6.92 Å². The lowest BCUT2D eigenvalue weighted by Gasteiger charge is -2.08. The fourth-order valence-electron chi connectivity index (χ4n) is 2.31. The first-order valence-electron chi connectivity index (χ1n) is 7.34. The molecular formula is C16H16N4O3S2.